The van der Waals surface area contributed by atoms with Gasteiger partial charge in [-0.15, -0.1) is 0 Å². The molecule has 156 valence electrons. The predicted octanol–water partition coefficient (Wildman–Crippen LogP) is 5.11. The number of ether oxygens (including phenoxy) is 2. The molecule has 6 nitrogen and oxygen atoms in total. The molecule has 0 unspecified atom stereocenters. The number of hydrogen-bond acceptors (Lipinski definition) is 4. The van der Waals surface area contributed by atoms with Gasteiger partial charge in [-0.25, -0.2) is 13.6 Å². The van der Waals surface area contributed by atoms with Crippen LogP contribution in [0.5, 0.6) is 5.75 Å². The first-order valence-corrected chi connectivity index (χ1v) is 8.91. The third-order valence-corrected chi connectivity index (χ3v) is 3.59. The summed E-state index contributed by atoms with van der Waals surface area (Å²) in [6.07, 6.45) is -0.707. The molecule has 0 aliphatic rings. The number of amides is 2. The van der Waals surface area contributed by atoms with E-state index in [-0.39, 0.29) is 17.1 Å². The van der Waals surface area contributed by atoms with Crippen LogP contribution in [-0.2, 0) is 9.53 Å². The third-order valence-electron chi connectivity index (χ3n) is 3.59. The van der Waals surface area contributed by atoms with Crippen molar-refractivity contribution < 1.29 is 27.8 Å². The molecule has 0 aromatic heterocycles. The number of nitrogens with one attached hydrogen (secondary N) is 2. The molecular weight excluding hydrogens is 382 g/mol. The fourth-order valence-electron chi connectivity index (χ4n) is 2.24. The molecule has 0 atom stereocenters. The molecule has 0 bridgehead atoms. The van der Waals surface area contributed by atoms with Crippen molar-refractivity contribution in [1.82, 2.24) is 0 Å². The number of rotatable bonds is 5. The Balaban J connectivity index is 2.10. The second-order valence-electron chi connectivity index (χ2n) is 7.84. The lowest BCUT2D eigenvalue weighted by Gasteiger charge is -2.25. The average Bonchev–Trinajstić information content (AvgIpc) is 2.58. The Morgan fingerprint density at radius 1 is 0.897 bits per heavy atom. The van der Waals surface area contributed by atoms with Gasteiger partial charge in [-0.3, -0.25) is 10.1 Å². The number of carbonyl (C=O) groups excluding carboxylic acids is 2. The highest BCUT2D eigenvalue weighted by Gasteiger charge is 2.31. The Hall–Kier alpha value is -3.16. The minimum Gasteiger partial charge on any atom is -0.478 e. The fraction of sp³-hybridized carbons (Fsp3) is 0.333. The van der Waals surface area contributed by atoms with Crippen LogP contribution in [0.25, 0.3) is 0 Å². The molecule has 29 heavy (non-hydrogen) atoms. The second kappa shape index (κ2) is 8.46. The smallest absolute Gasteiger partial charge is 0.412 e. The summed E-state index contributed by atoms with van der Waals surface area (Å²) in [7, 11) is 0. The van der Waals surface area contributed by atoms with Gasteiger partial charge in [-0.05, 0) is 77.1 Å². The van der Waals surface area contributed by atoms with E-state index in [1.807, 2.05) is 0 Å². The van der Waals surface area contributed by atoms with Crippen LogP contribution in [0, 0.1) is 11.6 Å². The molecule has 0 saturated carbocycles. The minimum absolute atomic E-state index is 0.140. The van der Waals surface area contributed by atoms with Gasteiger partial charge in [0.05, 0.1) is 5.69 Å². The van der Waals surface area contributed by atoms with Gasteiger partial charge >= 0.3 is 6.09 Å². The molecule has 2 rings (SSSR count). The van der Waals surface area contributed by atoms with E-state index >= 15 is 0 Å². The van der Waals surface area contributed by atoms with Crippen molar-refractivity contribution in [3.05, 3.63) is 54.1 Å². The topological polar surface area (TPSA) is 76.7 Å². The Kier molecular flexibility index (Phi) is 6.46. The molecule has 0 radical (unpaired) electrons. The number of benzene rings is 2. The standard InChI is InChI=1S/C21H24F2N2O4/c1-20(2,3)29-19(27)24-14-8-11-16(23)17(12-14)25-18(26)21(4,5)28-15-9-6-13(22)7-10-15/h6-12H,1-5H3,(H,24,27)(H,25,26). The zero-order valence-corrected chi connectivity index (χ0v) is 16.9. The normalized spacial score (nSPS) is 11.6. The van der Waals surface area contributed by atoms with E-state index in [1.165, 1.54) is 50.2 Å². The van der Waals surface area contributed by atoms with Gasteiger partial charge in [0.15, 0.2) is 5.60 Å². The first-order valence-electron chi connectivity index (χ1n) is 8.91. The first kappa shape index (κ1) is 22.1. The van der Waals surface area contributed by atoms with Gasteiger partial charge in [0, 0.05) is 5.69 Å². The summed E-state index contributed by atoms with van der Waals surface area (Å²) in [5.41, 5.74) is -1.96. The van der Waals surface area contributed by atoms with Crippen LogP contribution in [0.2, 0.25) is 0 Å². The molecule has 0 aliphatic heterocycles. The summed E-state index contributed by atoms with van der Waals surface area (Å²) in [6, 6.07) is 8.90. The zero-order valence-electron chi connectivity index (χ0n) is 16.9. The molecular formula is C21H24F2N2O4. The highest BCUT2D eigenvalue weighted by atomic mass is 19.1. The van der Waals surface area contributed by atoms with Crippen molar-refractivity contribution in [2.75, 3.05) is 10.6 Å². The van der Waals surface area contributed by atoms with Gasteiger partial charge in [0.2, 0.25) is 0 Å². The molecule has 0 spiro atoms. The quantitative estimate of drug-likeness (QED) is 0.724. The summed E-state index contributed by atoms with van der Waals surface area (Å²) >= 11 is 0. The van der Waals surface area contributed by atoms with Gasteiger partial charge in [0.25, 0.3) is 5.91 Å². The average molecular weight is 406 g/mol. The number of anilines is 2. The van der Waals surface area contributed by atoms with Crippen LogP contribution in [0.15, 0.2) is 42.5 Å². The van der Waals surface area contributed by atoms with Crippen LogP contribution in [0.4, 0.5) is 25.0 Å². The maximum Gasteiger partial charge on any atom is 0.412 e. The fourth-order valence-corrected chi connectivity index (χ4v) is 2.24. The summed E-state index contributed by atoms with van der Waals surface area (Å²) in [5, 5.41) is 4.92. The van der Waals surface area contributed by atoms with E-state index in [9.17, 15) is 18.4 Å². The highest BCUT2D eigenvalue weighted by Crippen LogP contribution is 2.24. The largest absolute Gasteiger partial charge is 0.478 e. The highest BCUT2D eigenvalue weighted by molar-refractivity contribution is 5.98. The second-order valence-corrected chi connectivity index (χ2v) is 7.84. The predicted molar refractivity (Wildman–Crippen MR) is 106 cm³/mol. The van der Waals surface area contributed by atoms with Crippen molar-refractivity contribution in [2.24, 2.45) is 0 Å². The van der Waals surface area contributed by atoms with E-state index in [0.717, 1.165) is 6.07 Å². The Morgan fingerprint density at radius 2 is 1.52 bits per heavy atom. The summed E-state index contributed by atoms with van der Waals surface area (Å²) in [5.74, 6) is -1.47. The van der Waals surface area contributed by atoms with Crippen LogP contribution >= 0.6 is 0 Å². The van der Waals surface area contributed by atoms with Crippen molar-refractivity contribution in [3.8, 4) is 5.75 Å². The summed E-state index contributed by atoms with van der Waals surface area (Å²) in [4.78, 5) is 24.5. The molecule has 2 aromatic carbocycles. The Labute approximate surface area is 168 Å². The molecule has 2 amide bonds. The van der Waals surface area contributed by atoms with Crippen molar-refractivity contribution in [2.45, 2.75) is 45.8 Å². The molecule has 0 heterocycles. The molecule has 0 saturated heterocycles. The van der Waals surface area contributed by atoms with Crippen molar-refractivity contribution >= 4 is 23.4 Å². The van der Waals surface area contributed by atoms with E-state index in [4.69, 9.17) is 9.47 Å². The van der Waals surface area contributed by atoms with Crippen LogP contribution in [0.3, 0.4) is 0 Å². The minimum atomic E-state index is -1.38. The SMILES string of the molecule is CC(C)(C)OC(=O)Nc1ccc(F)c(NC(=O)C(C)(C)Oc2ccc(F)cc2)c1. The van der Waals surface area contributed by atoms with Gasteiger partial charge in [-0.2, -0.15) is 0 Å². The lowest BCUT2D eigenvalue weighted by Crippen LogP contribution is -2.42. The van der Waals surface area contributed by atoms with E-state index in [0.29, 0.717) is 0 Å². The maximum absolute atomic E-state index is 14.2. The van der Waals surface area contributed by atoms with Crippen LogP contribution in [-0.4, -0.2) is 23.2 Å². The number of carbonyl (C=O) groups is 2. The summed E-state index contributed by atoms with van der Waals surface area (Å²) < 4.78 is 37.9. The zero-order chi connectivity index (χ0) is 21.8. The summed E-state index contributed by atoms with van der Waals surface area (Å²) in [6.45, 7) is 8.13. The van der Waals surface area contributed by atoms with Gasteiger partial charge in [-0.1, -0.05) is 0 Å². The molecule has 2 aromatic rings. The van der Waals surface area contributed by atoms with E-state index in [1.54, 1.807) is 20.8 Å². The molecule has 8 heteroatoms. The molecule has 0 aliphatic carbocycles. The van der Waals surface area contributed by atoms with E-state index in [2.05, 4.69) is 10.6 Å². The Morgan fingerprint density at radius 3 is 2.10 bits per heavy atom. The Bertz CT molecular complexity index is 891. The monoisotopic (exact) mass is 406 g/mol. The third kappa shape index (κ3) is 6.74. The lowest BCUT2D eigenvalue weighted by atomic mass is 10.1. The lowest BCUT2D eigenvalue weighted by molar-refractivity contribution is -0.128. The molecule has 0 fully saturated rings. The van der Waals surface area contributed by atoms with Crippen molar-refractivity contribution in [3.63, 3.8) is 0 Å². The van der Waals surface area contributed by atoms with Crippen LogP contribution < -0.4 is 15.4 Å². The maximum atomic E-state index is 14.2. The number of hydrogen-bond donors (Lipinski definition) is 2. The van der Waals surface area contributed by atoms with Gasteiger partial charge in [0.1, 0.15) is 23.0 Å². The van der Waals surface area contributed by atoms with Crippen LogP contribution in [0.1, 0.15) is 34.6 Å². The van der Waals surface area contributed by atoms with Crippen molar-refractivity contribution in [1.29, 1.82) is 0 Å². The first-order chi connectivity index (χ1) is 13.4. The van der Waals surface area contributed by atoms with Gasteiger partial charge < -0.3 is 14.8 Å². The van der Waals surface area contributed by atoms with E-state index < -0.39 is 34.8 Å². The number of halogens is 2. The molecule has 2 N–H and O–H groups in total.